The van der Waals surface area contributed by atoms with E-state index >= 15 is 35.1 Å². The maximum atomic E-state index is 15.4. The zero-order valence-corrected chi connectivity index (χ0v) is 29.0. The lowest BCUT2D eigenvalue weighted by atomic mass is 9.12. The maximum Gasteiger partial charge on any atom is 0.335 e. The third kappa shape index (κ3) is 6.69. The van der Waals surface area contributed by atoms with Crippen LogP contribution in [0.1, 0.15) is 5.56 Å². The van der Waals surface area contributed by atoms with Crippen LogP contribution in [0.5, 0.6) is 0 Å². The van der Waals surface area contributed by atoms with E-state index in [1.807, 2.05) is 24.3 Å². The predicted octanol–water partition coefficient (Wildman–Crippen LogP) is 8.61. The molecule has 7 rings (SSSR count). The second-order valence-corrected chi connectivity index (χ2v) is 12.6. The smallest absolute Gasteiger partial charge is 0.335 e. The van der Waals surface area contributed by atoms with Crippen LogP contribution in [0.25, 0.3) is 11.1 Å². The van der Waals surface area contributed by atoms with Gasteiger partial charge in [-0.1, -0.05) is 42.5 Å². The van der Waals surface area contributed by atoms with Gasteiger partial charge in [0.25, 0.3) is 5.52 Å². The van der Waals surface area contributed by atoms with Crippen LogP contribution in [-0.2, 0) is 6.54 Å². The zero-order valence-electron chi connectivity index (χ0n) is 29.0. The summed E-state index contributed by atoms with van der Waals surface area (Å²) in [6, 6.07) is 18.4. The van der Waals surface area contributed by atoms with Gasteiger partial charge in [0.1, 0.15) is 52.7 Å². The average Bonchev–Trinajstić information content (AvgIpc) is 3.66. The Labute approximate surface area is 325 Å². The largest absolute Gasteiger partial charge is 0.404 e. The number of aromatic nitrogens is 1. The van der Waals surface area contributed by atoms with Gasteiger partial charge in [0.15, 0.2) is 76.4 Å². The van der Waals surface area contributed by atoms with Gasteiger partial charge in [-0.3, -0.25) is 0 Å². The lowest BCUT2D eigenvalue weighted by Crippen LogP contribution is -2.81. The van der Waals surface area contributed by atoms with Gasteiger partial charge in [0.05, 0.1) is 0 Å². The topological polar surface area (TPSA) is 17.0 Å². The quantitative estimate of drug-likeness (QED) is 0.0538. The first kappa shape index (κ1) is 44.0. The van der Waals surface area contributed by atoms with Gasteiger partial charge >= 0.3 is 6.39 Å². The summed E-state index contributed by atoms with van der Waals surface area (Å²) in [5, 5.41) is 0. The Balaban J connectivity index is 0.000000321. The van der Waals surface area contributed by atoms with Crippen molar-refractivity contribution in [3.8, 4) is 0 Å². The lowest BCUT2D eigenvalue weighted by molar-refractivity contribution is -0.667. The number of para-hydroxylation sites is 2. The first-order valence-electron chi connectivity index (χ1n) is 16.3. The van der Waals surface area contributed by atoms with Gasteiger partial charge in [0, 0.05) is 11.6 Å². The average molecular weight is 889 g/mol. The van der Waals surface area contributed by atoms with Crippen LogP contribution >= 0.6 is 0 Å². The van der Waals surface area contributed by atoms with Crippen molar-refractivity contribution in [3.05, 3.63) is 183 Å². The summed E-state index contributed by atoms with van der Waals surface area (Å²) in [6.45, 7) is 0.845. The minimum atomic E-state index is -7.22. The summed E-state index contributed by atoms with van der Waals surface area (Å²) >= 11 is 0. The Bertz CT molecular complexity index is 2520. The summed E-state index contributed by atoms with van der Waals surface area (Å²) < 4.78 is 302. The van der Waals surface area contributed by atoms with Crippen molar-refractivity contribution in [2.75, 3.05) is 0 Å². The molecule has 0 aliphatic rings. The molecule has 61 heavy (non-hydrogen) atoms. The maximum absolute atomic E-state index is 15.4. The van der Waals surface area contributed by atoms with E-state index < -0.39 is 144 Å². The number of hydrogen-bond donors (Lipinski definition) is 0. The molecule has 23 heteroatoms. The van der Waals surface area contributed by atoms with E-state index in [1.54, 1.807) is 6.39 Å². The van der Waals surface area contributed by atoms with Crippen LogP contribution in [0.15, 0.2) is 65.4 Å². The normalized spacial score (nSPS) is 11.7. The molecule has 1 heterocycles. The zero-order chi connectivity index (χ0) is 45.2. The number of fused-ring (bicyclic) bond motifs is 1. The van der Waals surface area contributed by atoms with Crippen LogP contribution in [-0.4, -0.2) is 6.15 Å². The van der Waals surface area contributed by atoms with Gasteiger partial charge in [0.2, 0.25) is 5.58 Å². The Hall–Kier alpha value is -6.55. The summed E-state index contributed by atoms with van der Waals surface area (Å²) in [7, 11) is 0. The van der Waals surface area contributed by atoms with Crippen molar-refractivity contribution in [2.24, 2.45) is 0 Å². The van der Waals surface area contributed by atoms with Crippen molar-refractivity contribution < 1.29 is 96.8 Å². The molecule has 0 saturated carbocycles. The minimum absolute atomic E-state index is 0.845. The van der Waals surface area contributed by atoms with E-state index in [2.05, 4.69) is 34.9 Å². The first-order valence-corrected chi connectivity index (χ1v) is 16.3. The van der Waals surface area contributed by atoms with Crippen molar-refractivity contribution in [1.29, 1.82) is 0 Å². The third-order valence-electron chi connectivity index (χ3n) is 9.38. The monoisotopic (exact) mass is 889 g/mol. The first-order chi connectivity index (χ1) is 28.6. The molecule has 0 bridgehead atoms. The molecule has 0 saturated heterocycles. The molecule has 2 nitrogen and oxygen atoms in total. The van der Waals surface area contributed by atoms with Crippen molar-refractivity contribution >= 4 is 39.1 Å². The van der Waals surface area contributed by atoms with Crippen LogP contribution in [0, 0.1) is 116 Å². The Kier molecular flexibility index (Phi) is 11.6. The molecular formula is C38H12BF20NO. The van der Waals surface area contributed by atoms with E-state index in [0.717, 1.165) is 17.6 Å². The van der Waals surface area contributed by atoms with Crippen molar-refractivity contribution in [1.82, 2.24) is 0 Å². The van der Waals surface area contributed by atoms with Crippen LogP contribution < -0.4 is 26.4 Å². The molecule has 0 fully saturated rings. The fourth-order valence-electron chi connectivity index (χ4n) is 6.75. The van der Waals surface area contributed by atoms with Gasteiger partial charge in [-0.15, -0.1) is 21.9 Å². The van der Waals surface area contributed by atoms with E-state index in [4.69, 9.17) is 4.42 Å². The van der Waals surface area contributed by atoms with E-state index in [1.165, 1.54) is 5.56 Å². The van der Waals surface area contributed by atoms with Gasteiger partial charge in [-0.25, -0.2) is 87.8 Å². The molecular weight excluding hydrogens is 877 g/mol. The number of oxazole rings is 1. The highest BCUT2D eigenvalue weighted by molar-refractivity contribution is 7.20. The fourth-order valence-corrected chi connectivity index (χ4v) is 6.75. The molecule has 0 N–H and O–H groups in total. The molecule has 0 amide bonds. The number of hydrogen-bond acceptors (Lipinski definition) is 1. The molecule has 0 aliphatic carbocycles. The highest BCUT2D eigenvalue weighted by atomic mass is 19.2. The lowest BCUT2D eigenvalue weighted by Gasteiger charge is -2.44. The summed E-state index contributed by atoms with van der Waals surface area (Å²) in [6.07, 6.45) is -5.44. The van der Waals surface area contributed by atoms with Crippen LogP contribution in [0.4, 0.5) is 87.8 Å². The summed E-state index contributed by atoms with van der Waals surface area (Å²) in [5.41, 5.74) is -11.0. The SMILES string of the molecule is Fc1c(F)c(F)c([B-](c2c(F)c(F)c(F)c(F)c2F)(c2c(F)c(F)c(F)c(F)c2F)c2c(F)c(F)c(F)c(F)c2F)c(F)c1F.c1ccc(C[n+]2coc3ccccc32)cc1. The molecule has 7 aromatic rings. The highest BCUT2D eigenvalue weighted by Crippen LogP contribution is 2.30. The molecule has 318 valence electrons. The Morgan fingerprint density at radius 2 is 0.590 bits per heavy atom. The number of nitrogens with zero attached hydrogens (tertiary/aromatic N) is 1. The fraction of sp³-hybridized carbons (Fsp3) is 0.0263. The highest BCUT2D eigenvalue weighted by Gasteiger charge is 2.52. The molecule has 0 radical (unpaired) electrons. The second-order valence-electron chi connectivity index (χ2n) is 12.6. The van der Waals surface area contributed by atoms with Crippen LogP contribution in [0.3, 0.4) is 0 Å². The van der Waals surface area contributed by atoms with E-state index in [0.29, 0.717) is 0 Å². The molecule has 6 aromatic carbocycles. The minimum Gasteiger partial charge on any atom is -0.404 e. The van der Waals surface area contributed by atoms with E-state index in [9.17, 15) is 52.7 Å². The summed E-state index contributed by atoms with van der Waals surface area (Å²) in [5.74, 6) is -71.4. The van der Waals surface area contributed by atoms with Gasteiger partial charge in [-0.05, 0) is 6.07 Å². The summed E-state index contributed by atoms with van der Waals surface area (Å²) in [4.78, 5) is 0. The standard InChI is InChI=1S/C24BF20.C14H12NO/c26-5-1(6(27)14(35)21(42)13(5)34)25(2-7(28)15(36)22(43)16(37)8(2)29,3-9(30)17(38)23(44)18(39)10(3)31)4-11(32)19(40)24(45)20(41)12(4)33;1-2-6-12(7-3-1)10-15-11-16-14-9-5-4-8-13(14)15/h;1-9,11H,10H2/q-1;+1. The number of halogens is 20. The van der Waals surface area contributed by atoms with E-state index in [-0.39, 0.29) is 0 Å². The van der Waals surface area contributed by atoms with Crippen molar-refractivity contribution in [2.45, 2.75) is 6.54 Å². The molecule has 0 unspecified atom stereocenters. The molecule has 0 spiro atoms. The van der Waals surface area contributed by atoms with Crippen LogP contribution in [0.2, 0.25) is 0 Å². The third-order valence-corrected chi connectivity index (χ3v) is 9.38. The van der Waals surface area contributed by atoms with Crippen molar-refractivity contribution in [3.63, 3.8) is 0 Å². The molecule has 1 aromatic heterocycles. The Morgan fingerprint density at radius 3 is 0.902 bits per heavy atom. The Morgan fingerprint density at radius 1 is 0.328 bits per heavy atom. The number of rotatable bonds is 6. The number of benzene rings is 6. The second kappa shape index (κ2) is 16.1. The predicted molar refractivity (Wildman–Crippen MR) is 171 cm³/mol. The molecule has 0 atom stereocenters. The van der Waals surface area contributed by atoms with Gasteiger partial charge in [-0.2, -0.15) is 4.57 Å². The molecule has 0 aliphatic heterocycles. The van der Waals surface area contributed by atoms with Gasteiger partial charge < -0.3 is 4.42 Å².